The molecule has 4 rings (SSSR count). The normalized spacial score (nSPS) is 15.2. The lowest BCUT2D eigenvalue weighted by Crippen LogP contribution is -2.32. The van der Waals surface area contributed by atoms with Crippen molar-refractivity contribution in [3.05, 3.63) is 82.2 Å². The van der Waals surface area contributed by atoms with Gasteiger partial charge < -0.3 is 19.8 Å². The van der Waals surface area contributed by atoms with Crippen LogP contribution in [0.15, 0.2) is 69.8 Å². The number of carbonyl (C=O) groups excluding carboxylic acids is 2. The zero-order valence-electron chi connectivity index (χ0n) is 14.8. The second kappa shape index (κ2) is 7.90. The summed E-state index contributed by atoms with van der Waals surface area (Å²) in [6.07, 6.45) is 0.701. The van der Waals surface area contributed by atoms with Gasteiger partial charge in [-0.1, -0.05) is 24.3 Å². The fraction of sp³-hybridized carbons (Fsp3) is 0.143. The quantitative estimate of drug-likeness (QED) is 0.623. The number of ether oxygens (including phenoxy) is 1. The van der Waals surface area contributed by atoms with Crippen LogP contribution in [-0.4, -0.2) is 18.4 Å². The largest absolute Gasteiger partial charge is 0.493 e. The molecule has 2 amide bonds. The van der Waals surface area contributed by atoms with Crippen molar-refractivity contribution in [3.8, 4) is 5.75 Å². The summed E-state index contributed by atoms with van der Waals surface area (Å²) in [5, 5.41) is 5.78. The van der Waals surface area contributed by atoms with Crippen molar-refractivity contribution in [1.29, 1.82) is 0 Å². The first-order valence-corrected chi connectivity index (χ1v) is 9.59. The van der Waals surface area contributed by atoms with E-state index < -0.39 is 0 Å². The highest BCUT2D eigenvalue weighted by molar-refractivity contribution is 9.10. The summed E-state index contributed by atoms with van der Waals surface area (Å²) in [5.74, 6) is 0.380. The summed E-state index contributed by atoms with van der Waals surface area (Å²) >= 11 is 3.17. The highest BCUT2D eigenvalue weighted by Gasteiger charge is 2.23. The number of carbonyl (C=O) groups is 2. The van der Waals surface area contributed by atoms with Crippen LogP contribution >= 0.6 is 15.9 Å². The molecule has 0 aliphatic carbocycles. The van der Waals surface area contributed by atoms with Crippen molar-refractivity contribution in [2.24, 2.45) is 0 Å². The standard InChI is InChI=1S/C21H17BrN2O4/c22-19-9-8-18(28-19)21(26)23-14-5-3-4-13(12-14)20(25)24-16-10-11-27-17-7-2-1-6-15(16)17/h1-9,12,16H,10-11H2,(H,23,26)(H,24,25). The molecule has 1 unspecified atom stereocenters. The van der Waals surface area contributed by atoms with Gasteiger partial charge >= 0.3 is 0 Å². The van der Waals surface area contributed by atoms with Crippen LogP contribution in [0.25, 0.3) is 0 Å². The number of furan rings is 1. The van der Waals surface area contributed by atoms with Gasteiger partial charge in [0.25, 0.3) is 11.8 Å². The third-order valence-electron chi connectivity index (χ3n) is 4.44. The summed E-state index contributed by atoms with van der Waals surface area (Å²) in [5.41, 5.74) is 1.94. The van der Waals surface area contributed by atoms with Crippen LogP contribution in [0.1, 0.15) is 38.9 Å². The van der Waals surface area contributed by atoms with E-state index in [1.807, 2.05) is 24.3 Å². The van der Waals surface area contributed by atoms with Crippen molar-refractivity contribution in [3.63, 3.8) is 0 Å². The molecule has 3 aromatic rings. The first-order valence-electron chi connectivity index (χ1n) is 8.79. The molecule has 28 heavy (non-hydrogen) atoms. The summed E-state index contributed by atoms with van der Waals surface area (Å²) in [7, 11) is 0. The third-order valence-corrected chi connectivity index (χ3v) is 4.87. The average molecular weight is 441 g/mol. The lowest BCUT2D eigenvalue weighted by molar-refractivity contribution is 0.0923. The maximum Gasteiger partial charge on any atom is 0.291 e. The summed E-state index contributed by atoms with van der Waals surface area (Å²) in [6.45, 7) is 0.552. The van der Waals surface area contributed by atoms with Crippen molar-refractivity contribution >= 4 is 33.4 Å². The summed E-state index contributed by atoms with van der Waals surface area (Å²) in [6, 6.07) is 17.6. The van der Waals surface area contributed by atoms with Gasteiger partial charge in [-0.2, -0.15) is 0 Å². The Morgan fingerprint density at radius 2 is 1.86 bits per heavy atom. The lowest BCUT2D eigenvalue weighted by Gasteiger charge is -2.26. The monoisotopic (exact) mass is 440 g/mol. The van der Waals surface area contributed by atoms with Gasteiger partial charge in [-0.3, -0.25) is 9.59 Å². The fourth-order valence-electron chi connectivity index (χ4n) is 3.10. The molecule has 1 aliphatic heterocycles. The fourth-order valence-corrected chi connectivity index (χ4v) is 3.41. The molecule has 2 N–H and O–H groups in total. The van der Waals surface area contributed by atoms with E-state index in [9.17, 15) is 9.59 Å². The van der Waals surface area contributed by atoms with Crippen LogP contribution in [0.5, 0.6) is 5.75 Å². The van der Waals surface area contributed by atoms with E-state index in [0.717, 1.165) is 11.3 Å². The van der Waals surface area contributed by atoms with E-state index >= 15 is 0 Å². The number of benzene rings is 2. The van der Waals surface area contributed by atoms with Gasteiger partial charge in [0.2, 0.25) is 0 Å². The Bertz CT molecular complexity index is 1030. The maximum atomic E-state index is 12.7. The van der Waals surface area contributed by atoms with Gasteiger partial charge in [0.1, 0.15) is 5.75 Å². The van der Waals surface area contributed by atoms with Crippen molar-refractivity contribution in [2.45, 2.75) is 12.5 Å². The van der Waals surface area contributed by atoms with Crippen molar-refractivity contribution in [2.75, 3.05) is 11.9 Å². The van der Waals surface area contributed by atoms with Crippen LogP contribution in [0.4, 0.5) is 5.69 Å². The molecule has 1 aromatic heterocycles. The second-order valence-corrected chi connectivity index (χ2v) is 7.12. The molecule has 142 valence electrons. The number of halogens is 1. The average Bonchev–Trinajstić information content (AvgIpc) is 3.15. The molecule has 0 bridgehead atoms. The highest BCUT2D eigenvalue weighted by atomic mass is 79.9. The molecule has 0 fully saturated rings. The second-order valence-electron chi connectivity index (χ2n) is 6.34. The number of para-hydroxylation sites is 1. The van der Waals surface area contributed by atoms with Gasteiger partial charge in [-0.25, -0.2) is 0 Å². The zero-order valence-corrected chi connectivity index (χ0v) is 16.4. The van der Waals surface area contributed by atoms with E-state index in [0.29, 0.717) is 28.9 Å². The molecule has 6 nitrogen and oxygen atoms in total. The third kappa shape index (κ3) is 3.94. The number of amides is 2. The molecule has 1 atom stereocenters. The predicted octanol–water partition coefficient (Wildman–Crippen LogP) is 4.55. The Labute approximate surface area is 170 Å². The maximum absolute atomic E-state index is 12.7. The van der Waals surface area contributed by atoms with E-state index in [1.165, 1.54) is 0 Å². The molecule has 0 radical (unpaired) electrons. The number of anilines is 1. The van der Waals surface area contributed by atoms with E-state index in [-0.39, 0.29) is 23.6 Å². The van der Waals surface area contributed by atoms with Gasteiger partial charge in [0.15, 0.2) is 10.4 Å². The Hall–Kier alpha value is -3.06. The smallest absolute Gasteiger partial charge is 0.291 e. The Morgan fingerprint density at radius 1 is 1.00 bits per heavy atom. The molecular formula is C21H17BrN2O4. The van der Waals surface area contributed by atoms with Gasteiger partial charge in [0, 0.05) is 23.2 Å². The van der Waals surface area contributed by atoms with Crippen LogP contribution in [-0.2, 0) is 0 Å². The minimum Gasteiger partial charge on any atom is -0.493 e. The Balaban J connectivity index is 1.47. The summed E-state index contributed by atoms with van der Waals surface area (Å²) in [4.78, 5) is 25.0. The minimum absolute atomic E-state index is 0.115. The van der Waals surface area contributed by atoms with Crippen LogP contribution < -0.4 is 15.4 Å². The molecule has 0 saturated heterocycles. The highest BCUT2D eigenvalue weighted by Crippen LogP contribution is 2.31. The molecule has 1 aliphatic rings. The number of fused-ring (bicyclic) bond motifs is 1. The SMILES string of the molecule is O=C(NC1CCOc2ccccc21)c1cccc(NC(=O)c2ccc(Br)o2)c1. The lowest BCUT2D eigenvalue weighted by atomic mass is 10.00. The first-order chi connectivity index (χ1) is 13.6. The predicted molar refractivity (Wildman–Crippen MR) is 108 cm³/mol. The Morgan fingerprint density at radius 3 is 2.68 bits per heavy atom. The van der Waals surface area contributed by atoms with Gasteiger partial charge in [-0.05, 0) is 52.3 Å². The number of hydrogen-bond donors (Lipinski definition) is 2. The van der Waals surface area contributed by atoms with Crippen LogP contribution in [0.2, 0.25) is 0 Å². The van der Waals surface area contributed by atoms with Gasteiger partial charge in [-0.15, -0.1) is 0 Å². The van der Waals surface area contributed by atoms with E-state index in [4.69, 9.17) is 9.15 Å². The molecule has 0 saturated carbocycles. The minimum atomic E-state index is -0.387. The van der Waals surface area contributed by atoms with Crippen LogP contribution in [0, 0.1) is 0 Å². The first kappa shape index (κ1) is 18.3. The number of hydrogen-bond acceptors (Lipinski definition) is 4. The number of nitrogens with one attached hydrogen (secondary N) is 2. The Kier molecular flexibility index (Phi) is 5.16. The molecule has 7 heteroatoms. The van der Waals surface area contributed by atoms with E-state index in [1.54, 1.807) is 36.4 Å². The topological polar surface area (TPSA) is 80.6 Å². The molecular weight excluding hydrogens is 424 g/mol. The summed E-state index contributed by atoms with van der Waals surface area (Å²) < 4.78 is 11.4. The number of rotatable bonds is 4. The molecule has 0 spiro atoms. The molecule has 2 aromatic carbocycles. The van der Waals surface area contributed by atoms with Crippen molar-refractivity contribution in [1.82, 2.24) is 5.32 Å². The zero-order chi connectivity index (χ0) is 19.5. The van der Waals surface area contributed by atoms with Crippen LogP contribution in [0.3, 0.4) is 0 Å². The van der Waals surface area contributed by atoms with E-state index in [2.05, 4.69) is 26.6 Å². The van der Waals surface area contributed by atoms with Crippen molar-refractivity contribution < 1.29 is 18.7 Å². The molecule has 2 heterocycles. The van der Waals surface area contributed by atoms with Gasteiger partial charge in [0.05, 0.1) is 12.6 Å².